The van der Waals surface area contributed by atoms with Crippen LogP contribution in [0.5, 0.6) is 5.75 Å². The normalized spacial score (nSPS) is 10.0. The van der Waals surface area contributed by atoms with Gasteiger partial charge in [-0.3, -0.25) is 0 Å². The zero-order valence-electron chi connectivity index (χ0n) is 9.87. The molecule has 0 unspecified atom stereocenters. The van der Waals surface area contributed by atoms with E-state index in [4.69, 9.17) is 12.2 Å². The Morgan fingerprint density at radius 1 is 1.39 bits per heavy atom. The lowest BCUT2D eigenvalue weighted by Gasteiger charge is -2.11. The third kappa shape index (κ3) is 5.58. The lowest BCUT2D eigenvalue weighted by molar-refractivity contribution is -0.0498. The summed E-state index contributed by atoms with van der Waals surface area (Å²) in [4.78, 5) is 0. The molecule has 0 aromatic heterocycles. The number of nitrogens with one attached hydrogen (secondary N) is 2. The molecule has 98 valence electrons. The van der Waals surface area contributed by atoms with Crippen molar-refractivity contribution in [1.82, 2.24) is 5.32 Å². The topological polar surface area (TPSA) is 33.3 Å². The maximum absolute atomic E-state index is 11.9. The fourth-order valence-corrected chi connectivity index (χ4v) is 1.32. The minimum atomic E-state index is -2.82. The second kappa shape index (κ2) is 6.90. The minimum absolute atomic E-state index is 0.108. The Morgan fingerprint density at radius 3 is 2.50 bits per heavy atom. The number of hydrogen-bond donors (Lipinski definition) is 2. The van der Waals surface area contributed by atoms with Crippen LogP contribution in [0.4, 0.5) is 14.5 Å². The summed E-state index contributed by atoms with van der Waals surface area (Å²) >= 11 is 5.04. The highest BCUT2D eigenvalue weighted by Crippen LogP contribution is 2.17. The van der Waals surface area contributed by atoms with Gasteiger partial charge in [-0.05, 0) is 43.4 Å². The van der Waals surface area contributed by atoms with Gasteiger partial charge < -0.3 is 15.4 Å². The van der Waals surface area contributed by atoms with E-state index < -0.39 is 6.61 Å². The van der Waals surface area contributed by atoms with Crippen LogP contribution in [0.15, 0.2) is 36.4 Å². The number of hydrogen-bond acceptors (Lipinski definition) is 2. The molecular formula is C12H14F2N2OS. The van der Waals surface area contributed by atoms with Crippen LogP contribution in [0.2, 0.25) is 0 Å². The predicted octanol–water partition coefficient (Wildman–Crippen LogP) is 3.15. The Kier molecular flexibility index (Phi) is 5.51. The van der Waals surface area contributed by atoms with Crippen molar-refractivity contribution in [2.45, 2.75) is 13.5 Å². The van der Waals surface area contributed by atoms with Crippen LogP contribution in [0, 0.1) is 0 Å². The maximum Gasteiger partial charge on any atom is 0.387 e. The van der Waals surface area contributed by atoms with Crippen molar-refractivity contribution >= 4 is 23.0 Å². The largest absolute Gasteiger partial charge is 0.435 e. The quantitative estimate of drug-likeness (QED) is 0.637. The van der Waals surface area contributed by atoms with E-state index in [0.717, 1.165) is 5.57 Å². The van der Waals surface area contributed by atoms with Crippen LogP contribution in [0.3, 0.4) is 0 Å². The van der Waals surface area contributed by atoms with Gasteiger partial charge in [-0.2, -0.15) is 8.78 Å². The summed E-state index contributed by atoms with van der Waals surface area (Å²) in [5, 5.41) is 6.31. The first-order valence-corrected chi connectivity index (χ1v) is 5.62. The monoisotopic (exact) mass is 272 g/mol. The molecule has 6 heteroatoms. The standard InChI is InChI=1S/C12H14F2N2OS/c1-8(2)7-15-12(18)16-9-3-5-10(6-4-9)17-11(13)14/h3-6,11H,1,7H2,2H3,(H2,15,16,18). The van der Waals surface area contributed by atoms with E-state index in [9.17, 15) is 8.78 Å². The number of ether oxygens (including phenoxy) is 1. The third-order valence-corrected chi connectivity index (χ3v) is 2.13. The van der Waals surface area contributed by atoms with Crippen LogP contribution >= 0.6 is 12.2 Å². The predicted molar refractivity (Wildman–Crippen MR) is 72.1 cm³/mol. The molecule has 0 amide bonds. The molecule has 0 atom stereocenters. The van der Waals surface area contributed by atoms with Gasteiger partial charge in [0.25, 0.3) is 0 Å². The van der Waals surface area contributed by atoms with Gasteiger partial charge in [0.2, 0.25) is 0 Å². The van der Waals surface area contributed by atoms with Crippen molar-refractivity contribution in [1.29, 1.82) is 0 Å². The Hall–Kier alpha value is -1.69. The van der Waals surface area contributed by atoms with Crippen LogP contribution in [-0.4, -0.2) is 18.3 Å². The van der Waals surface area contributed by atoms with E-state index in [1.807, 2.05) is 6.92 Å². The zero-order valence-corrected chi connectivity index (χ0v) is 10.7. The van der Waals surface area contributed by atoms with Crippen molar-refractivity contribution in [2.75, 3.05) is 11.9 Å². The van der Waals surface area contributed by atoms with Crippen LogP contribution in [0.25, 0.3) is 0 Å². The molecule has 0 heterocycles. The molecule has 18 heavy (non-hydrogen) atoms. The summed E-state index contributed by atoms with van der Waals surface area (Å²) in [6.45, 7) is 3.38. The number of benzene rings is 1. The van der Waals surface area contributed by atoms with Crippen molar-refractivity contribution < 1.29 is 13.5 Å². The number of alkyl halides is 2. The fourth-order valence-electron chi connectivity index (χ4n) is 1.13. The van der Waals surface area contributed by atoms with Gasteiger partial charge in [-0.1, -0.05) is 12.2 Å². The van der Waals surface area contributed by atoms with Gasteiger partial charge in [0.15, 0.2) is 5.11 Å². The molecule has 0 saturated carbocycles. The summed E-state index contributed by atoms with van der Waals surface area (Å²) in [5.41, 5.74) is 1.65. The van der Waals surface area contributed by atoms with Crippen LogP contribution in [0.1, 0.15) is 6.92 Å². The van der Waals surface area contributed by atoms with Gasteiger partial charge >= 0.3 is 6.61 Å². The van der Waals surface area contributed by atoms with Crippen molar-refractivity contribution in [3.63, 3.8) is 0 Å². The Bertz CT molecular complexity index is 421. The average molecular weight is 272 g/mol. The van der Waals surface area contributed by atoms with E-state index in [0.29, 0.717) is 17.3 Å². The molecule has 1 aromatic carbocycles. The molecule has 0 saturated heterocycles. The molecule has 0 aliphatic carbocycles. The zero-order chi connectivity index (χ0) is 13.5. The van der Waals surface area contributed by atoms with Crippen LogP contribution < -0.4 is 15.4 Å². The highest BCUT2D eigenvalue weighted by molar-refractivity contribution is 7.80. The molecular weight excluding hydrogens is 258 g/mol. The summed E-state index contributed by atoms with van der Waals surface area (Å²) in [6.07, 6.45) is 0. The van der Waals surface area contributed by atoms with Gasteiger partial charge in [-0.25, -0.2) is 0 Å². The first-order valence-electron chi connectivity index (χ1n) is 5.21. The first kappa shape index (κ1) is 14.4. The SMILES string of the molecule is C=C(C)CNC(=S)Nc1ccc(OC(F)F)cc1. The third-order valence-electron chi connectivity index (χ3n) is 1.89. The van der Waals surface area contributed by atoms with Crippen molar-refractivity contribution in [3.8, 4) is 5.75 Å². The molecule has 0 radical (unpaired) electrons. The second-order valence-electron chi connectivity index (χ2n) is 3.67. The highest BCUT2D eigenvalue weighted by atomic mass is 32.1. The lowest BCUT2D eigenvalue weighted by atomic mass is 10.3. The van der Waals surface area contributed by atoms with Crippen molar-refractivity contribution in [2.24, 2.45) is 0 Å². The Labute approximate surface area is 110 Å². The van der Waals surface area contributed by atoms with Gasteiger partial charge in [0, 0.05) is 12.2 Å². The summed E-state index contributed by atoms with van der Waals surface area (Å²) in [6, 6.07) is 6.09. The summed E-state index contributed by atoms with van der Waals surface area (Å²) in [7, 11) is 0. The number of rotatable bonds is 5. The lowest BCUT2D eigenvalue weighted by Crippen LogP contribution is -2.29. The number of halogens is 2. The number of anilines is 1. The van der Waals surface area contributed by atoms with E-state index >= 15 is 0 Å². The van der Waals surface area contributed by atoms with E-state index in [1.165, 1.54) is 12.1 Å². The van der Waals surface area contributed by atoms with E-state index in [2.05, 4.69) is 21.9 Å². The summed E-state index contributed by atoms with van der Waals surface area (Å²) in [5.74, 6) is 0.108. The van der Waals surface area contributed by atoms with E-state index in [1.54, 1.807) is 12.1 Å². The minimum Gasteiger partial charge on any atom is -0.435 e. The second-order valence-corrected chi connectivity index (χ2v) is 4.08. The molecule has 1 aromatic rings. The molecule has 1 rings (SSSR count). The smallest absolute Gasteiger partial charge is 0.387 e. The summed E-state index contributed by atoms with van der Waals surface area (Å²) < 4.78 is 28.1. The molecule has 0 bridgehead atoms. The Balaban J connectivity index is 2.48. The first-order chi connectivity index (χ1) is 8.47. The maximum atomic E-state index is 11.9. The molecule has 0 aliphatic heterocycles. The molecule has 0 spiro atoms. The van der Waals surface area contributed by atoms with Crippen molar-refractivity contribution in [3.05, 3.63) is 36.4 Å². The number of thiocarbonyl (C=S) groups is 1. The van der Waals surface area contributed by atoms with Gasteiger partial charge in [0.1, 0.15) is 5.75 Å². The molecule has 0 fully saturated rings. The van der Waals surface area contributed by atoms with E-state index in [-0.39, 0.29) is 5.75 Å². The highest BCUT2D eigenvalue weighted by Gasteiger charge is 2.04. The Morgan fingerprint density at radius 2 is 2.00 bits per heavy atom. The molecule has 3 nitrogen and oxygen atoms in total. The fraction of sp³-hybridized carbons (Fsp3) is 0.250. The molecule has 2 N–H and O–H groups in total. The molecule has 0 aliphatic rings. The average Bonchev–Trinajstić information content (AvgIpc) is 2.28. The van der Waals surface area contributed by atoms with Crippen LogP contribution in [-0.2, 0) is 0 Å². The van der Waals surface area contributed by atoms with Gasteiger partial charge in [0.05, 0.1) is 0 Å². The van der Waals surface area contributed by atoms with Gasteiger partial charge in [-0.15, -0.1) is 0 Å².